The fourth-order valence-corrected chi connectivity index (χ4v) is 10.5. The van der Waals surface area contributed by atoms with E-state index >= 15 is 0 Å². The normalized spacial score (nSPS) is 22.2. The molecule has 1 aromatic carbocycles. The zero-order valence-electron chi connectivity index (χ0n) is 13.7. The molecule has 2 aliphatic carbocycles. The number of rotatable bonds is 3. The first-order valence-corrected chi connectivity index (χ1v) is 11.0. The van der Waals surface area contributed by atoms with E-state index in [2.05, 4.69) is 0 Å². The van der Waals surface area contributed by atoms with E-state index in [-0.39, 0.29) is 11.3 Å². The SMILES string of the molecule is FC(F)(F)[P+](c1ccccc1)(C1CCCCC1)C1CCCCC1. The second-order valence-corrected chi connectivity index (χ2v) is 11.2. The van der Waals surface area contributed by atoms with Gasteiger partial charge >= 0.3 is 5.92 Å². The van der Waals surface area contributed by atoms with Gasteiger partial charge in [0.05, 0.1) is 11.3 Å². The Hall–Kier alpha value is -0.560. The van der Waals surface area contributed by atoms with Crippen molar-refractivity contribution in [3.05, 3.63) is 30.3 Å². The summed E-state index contributed by atoms with van der Waals surface area (Å²) in [6.45, 7) is 0. The molecule has 0 amide bonds. The zero-order valence-corrected chi connectivity index (χ0v) is 14.6. The van der Waals surface area contributed by atoms with Crippen LogP contribution in [0.25, 0.3) is 0 Å². The highest BCUT2D eigenvalue weighted by Crippen LogP contribution is 2.79. The lowest BCUT2D eigenvalue weighted by molar-refractivity contribution is -0.0452. The Balaban J connectivity index is 2.11. The predicted molar refractivity (Wildman–Crippen MR) is 92.8 cm³/mol. The molecule has 2 aliphatic rings. The lowest BCUT2D eigenvalue weighted by Crippen LogP contribution is -2.42. The minimum atomic E-state index is -4.06. The lowest BCUT2D eigenvalue weighted by atomic mass is 9.99. The summed E-state index contributed by atoms with van der Waals surface area (Å²) in [6.07, 6.45) is 9.21. The Labute approximate surface area is 138 Å². The highest BCUT2D eigenvalue weighted by molar-refractivity contribution is 7.85. The molecule has 2 fully saturated rings. The molecular weight excluding hydrogens is 316 g/mol. The molecule has 128 valence electrons. The lowest BCUT2D eigenvalue weighted by Gasteiger charge is -2.43. The summed E-state index contributed by atoms with van der Waals surface area (Å²) in [5.74, 6) is -4.06. The number of halogens is 3. The maximum atomic E-state index is 14.7. The van der Waals surface area contributed by atoms with Crippen molar-refractivity contribution in [2.75, 3.05) is 0 Å². The number of alkyl halides is 3. The Bertz CT molecular complexity index is 467. The third-order valence-electron chi connectivity index (χ3n) is 5.90. The van der Waals surface area contributed by atoms with Crippen molar-refractivity contribution in [3.8, 4) is 0 Å². The summed E-state index contributed by atoms with van der Waals surface area (Å²) in [4.78, 5) is 0. The van der Waals surface area contributed by atoms with Crippen molar-refractivity contribution in [1.82, 2.24) is 0 Å². The summed E-state index contributed by atoms with van der Waals surface area (Å²) < 4.78 is 44.0. The third-order valence-corrected chi connectivity index (χ3v) is 11.2. The van der Waals surface area contributed by atoms with Crippen molar-refractivity contribution in [3.63, 3.8) is 0 Å². The molecule has 23 heavy (non-hydrogen) atoms. The van der Waals surface area contributed by atoms with Crippen molar-refractivity contribution < 1.29 is 13.2 Å². The molecule has 0 aliphatic heterocycles. The van der Waals surface area contributed by atoms with E-state index in [9.17, 15) is 13.2 Å². The molecule has 2 saturated carbocycles. The summed E-state index contributed by atoms with van der Waals surface area (Å²) >= 11 is 0. The van der Waals surface area contributed by atoms with Gasteiger partial charge in [0.1, 0.15) is 5.30 Å². The second kappa shape index (κ2) is 7.13. The maximum Gasteiger partial charge on any atom is 0.514 e. The number of benzene rings is 1. The second-order valence-electron chi connectivity index (χ2n) is 7.16. The van der Waals surface area contributed by atoms with Crippen LogP contribution in [-0.2, 0) is 0 Å². The highest BCUT2D eigenvalue weighted by atomic mass is 31.2. The van der Waals surface area contributed by atoms with Crippen LogP contribution in [-0.4, -0.2) is 17.2 Å². The fourth-order valence-electron chi connectivity index (χ4n) is 4.93. The number of hydrogen-bond acceptors (Lipinski definition) is 0. The average Bonchev–Trinajstić information content (AvgIpc) is 2.57. The summed E-state index contributed by atoms with van der Waals surface area (Å²) in [6, 6.07) is 9.02. The molecule has 0 aromatic heterocycles. The largest absolute Gasteiger partial charge is 0.514 e. The summed E-state index contributed by atoms with van der Waals surface area (Å²) in [5.41, 5.74) is -0.275. The average molecular weight is 343 g/mol. The van der Waals surface area contributed by atoms with Crippen molar-refractivity contribution >= 4 is 12.6 Å². The van der Waals surface area contributed by atoms with Gasteiger partial charge in [-0.2, -0.15) is 0 Å². The first-order chi connectivity index (χ1) is 11.1. The third kappa shape index (κ3) is 3.18. The fraction of sp³-hybridized carbons (Fsp3) is 0.684. The number of hydrogen-bond donors (Lipinski definition) is 0. The van der Waals surface area contributed by atoms with Crippen molar-refractivity contribution in [2.24, 2.45) is 0 Å². The Morgan fingerprint density at radius 2 is 1.13 bits per heavy atom. The molecule has 4 heteroatoms. The van der Waals surface area contributed by atoms with Crippen LogP contribution in [0.4, 0.5) is 13.2 Å². The molecule has 0 heterocycles. The van der Waals surface area contributed by atoms with Gasteiger partial charge < -0.3 is 0 Å². The Morgan fingerprint density at radius 3 is 1.52 bits per heavy atom. The molecule has 0 atom stereocenters. The van der Waals surface area contributed by atoms with Crippen LogP contribution < -0.4 is 5.30 Å². The molecule has 0 bridgehead atoms. The maximum absolute atomic E-state index is 14.7. The van der Waals surface area contributed by atoms with Crippen LogP contribution in [0.3, 0.4) is 0 Å². The van der Waals surface area contributed by atoms with Crippen LogP contribution in [0.5, 0.6) is 0 Å². The smallest absolute Gasteiger partial charge is 0.135 e. The van der Waals surface area contributed by atoms with Gasteiger partial charge in [0.2, 0.25) is 0 Å². The van der Waals surface area contributed by atoms with E-state index in [0.29, 0.717) is 5.30 Å². The van der Waals surface area contributed by atoms with Gasteiger partial charge in [0.15, 0.2) is 7.26 Å². The van der Waals surface area contributed by atoms with Gasteiger partial charge in [0, 0.05) is 0 Å². The molecule has 0 spiro atoms. The van der Waals surface area contributed by atoms with E-state index < -0.39 is 13.2 Å². The quantitative estimate of drug-likeness (QED) is 0.548. The van der Waals surface area contributed by atoms with Gasteiger partial charge in [-0.3, -0.25) is 0 Å². The van der Waals surface area contributed by atoms with E-state index in [4.69, 9.17) is 0 Å². The van der Waals surface area contributed by atoms with Gasteiger partial charge in [-0.1, -0.05) is 31.0 Å². The molecule has 3 rings (SSSR count). The van der Waals surface area contributed by atoms with Crippen LogP contribution in [0.1, 0.15) is 64.2 Å². The molecule has 1 aromatic rings. The monoisotopic (exact) mass is 343 g/mol. The summed E-state index contributed by atoms with van der Waals surface area (Å²) in [7, 11) is -3.18. The van der Waals surface area contributed by atoms with E-state index in [1.807, 2.05) is 18.2 Å². The van der Waals surface area contributed by atoms with Crippen LogP contribution in [0, 0.1) is 0 Å². The minimum absolute atomic E-state index is 0.137. The topological polar surface area (TPSA) is 0 Å². The predicted octanol–water partition coefficient (Wildman–Crippen LogP) is 6.51. The van der Waals surface area contributed by atoms with E-state index in [0.717, 1.165) is 64.2 Å². The molecule has 0 N–H and O–H groups in total. The van der Waals surface area contributed by atoms with Crippen LogP contribution in [0.2, 0.25) is 0 Å². The molecule has 0 radical (unpaired) electrons. The van der Waals surface area contributed by atoms with Crippen molar-refractivity contribution in [1.29, 1.82) is 0 Å². The highest BCUT2D eigenvalue weighted by Gasteiger charge is 2.71. The molecule has 0 nitrogen and oxygen atoms in total. The van der Waals surface area contributed by atoms with Crippen molar-refractivity contribution in [2.45, 2.75) is 81.4 Å². The Morgan fingerprint density at radius 1 is 0.696 bits per heavy atom. The van der Waals surface area contributed by atoms with Crippen LogP contribution in [0.15, 0.2) is 30.3 Å². The first kappa shape index (κ1) is 17.3. The van der Waals surface area contributed by atoms with E-state index in [1.54, 1.807) is 12.1 Å². The molecule has 0 unspecified atom stereocenters. The zero-order chi connectivity index (χ0) is 16.3. The van der Waals surface area contributed by atoms with Gasteiger partial charge in [-0.05, 0) is 63.5 Å². The first-order valence-electron chi connectivity index (χ1n) is 9.07. The summed E-state index contributed by atoms with van der Waals surface area (Å²) in [5, 5.41) is 0.631. The van der Waals surface area contributed by atoms with Gasteiger partial charge in [-0.25, -0.2) is 0 Å². The molecule has 0 saturated heterocycles. The molecular formula is C19H27F3P+. The standard InChI is InChI=1S/C19H27F3P/c20-19(21,22)23(16-10-4-1-5-11-16,17-12-6-2-7-13-17)18-14-8-3-9-15-18/h1,4-5,10-11,17-18H,2-3,6-9,12-15H2/q+1. The minimum Gasteiger partial charge on any atom is -0.135 e. The van der Waals surface area contributed by atoms with E-state index in [1.165, 1.54) is 0 Å². The van der Waals surface area contributed by atoms with Gasteiger partial charge in [-0.15, -0.1) is 13.2 Å². The van der Waals surface area contributed by atoms with Gasteiger partial charge in [0.25, 0.3) is 0 Å². The van der Waals surface area contributed by atoms with Crippen LogP contribution >= 0.6 is 7.26 Å². The Kier molecular flexibility index (Phi) is 5.35.